The summed E-state index contributed by atoms with van der Waals surface area (Å²) in [5.41, 5.74) is -0.393. The highest BCUT2D eigenvalue weighted by Crippen LogP contribution is 2.59. The lowest BCUT2D eigenvalue weighted by atomic mass is 9.93. The van der Waals surface area contributed by atoms with Gasteiger partial charge in [0.25, 0.3) is 5.91 Å². The number of nitrogens with zero attached hydrogens (tertiary/aromatic N) is 6. The Balaban J connectivity index is 1.15. The molecule has 1 N–H and O–H groups in total. The lowest BCUT2D eigenvalue weighted by molar-refractivity contribution is -0.190. The van der Waals surface area contributed by atoms with Crippen LogP contribution in [-0.4, -0.2) is 57.1 Å². The van der Waals surface area contributed by atoms with Crippen molar-refractivity contribution in [2.75, 3.05) is 29.5 Å². The maximum absolute atomic E-state index is 13.8. The molecular weight excluding hydrogens is 639 g/mol. The topological polar surface area (TPSA) is 88.4 Å². The smallest absolute Gasteiger partial charge is 0.394 e. The van der Waals surface area contributed by atoms with Crippen molar-refractivity contribution in [2.45, 2.75) is 69.1 Å². The maximum Gasteiger partial charge on any atom is 0.394 e. The minimum absolute atomic E-state index is 0.0732. The number of carbonyl (C=O) groups excluding carboxylic acids is 1. The number of fused-ring (bicyclic) bond motifs is 6. The number of ether oxygens (including phenoxy) is 1. The van der Waals surface area contributed by atoms with E-state index in [9.17, 15) is 18.0 Å². The molecule has 1 aliphatic carbocycles. The number of hydrogen-bond acceptors (Lipinski definition) is 8. The van der Waals surface area contributed by atoms with Gasteiger partial charge in [-0.1, -0.05) is 24.3 Å². The average molecular weight is 678 g/mol. The molecule has 2 aliphatic heterocycles. The molecule has 3 aliphatic rings. The van der Waals surface area contributed by atoms with Crippen molar-refractivity contribution in [3.8, 4) is 11.7 Å². The predicted molar refractivity (Wildman–Crippen MR) is 179 cm³/mol. The molecule has 0 radical (unpaired) electrons. The number of anilines is 3. The minimum Gasteiger partial charge on any atom is -0.477 e. The molecule has 7 rings (SSSR count). The summed E-state index contributed by atoms with van der Waals surface area (Å²) in [6.07, 6.45) is 0.525. The molecule has 1 unspecified atom stereocenters. The van der Waals surface area contributed by atoms with Crippen LogP contribution in [0.5, 0.6) is 5.88 Å². The quantitative estimate of drug-likeness (QED) is 0.208. The van der Waals surface area contributed by atoms with Crippen LogP contribution >= 0.6 is 11.9 Å². The lowest BCUT2D eigenvalue weighted by Gasteiger charge is -2.34. The summed E-state index contributed by atoms with van der Waals surface area (Å²) < 4.78 is 50.1. The number of nitrogens with one attached hydrogen (secondary N) is 1. The molecule has 48 heavy (non-hydrogen) atoms. The maximum atomic E-state index is 13.8. The van der Waals surface area contributed by atoms with Gasteiger partial charge in [0.05, 0.1) is 17.6 Å². The van der Waals surface area contributed by atoms with E-state index in [2.05, 4.69) is 45.6 Å². The third kappa shape index (κ3) is 6.56. The minimum atomic E-state index is -4.22. The standard InChI is InChI=1S/C35H38F3N7O2S/c1-33(2)22-24-8-7-19-43(25-9-4-3-5-10-25)27-11-6-12-30(39-27)48-42-32(46)26-13-14-28(40-31(26)44(33)23-24)45-20-15-29(41-45)47-21-18-34(16-17-34)35(36,37)38/h3-6,9-15,20,24H,7-8,16-19,21-23H2,1-2H3,(H,42,46). The lowest BCUT2D eigenvalue weighted by Crippen LogP contribution is -2.40. The highest BCUT2D eigenvalue weighted by atomic mass is 32.2. The Morgan fingerprint density at radius 2 is 1.81 bits per heavy atom. The zero-order valence-corrected chi connectivity index (χ0v) is 27.7. The fraction of sp³-hybridized carbons (Fsp3) is 0.429. The van der Waals surface area contributed by atoms with Crippen LogP contribution in [0.1, 0.15) is 62.7 Å². The highest BCUT2D eigenvalue weighted by molar-refractivity contribution is 7.97. The van der Waals surface area contributed by atoms with Crippen LogP contribution in [0.15, 0.2) is 78.0 Å². The van der Waals surface area contributed by atoms with Gasteiger partial charge >= 0.3 is 6.18 Å². The predicted octanol–water partition coefficient (Wildman–Crippen LogP) is 7.75. The van der Waals surface area contributed by atoms with Crippen molar-refractivity contribution in [2.24, 2.45) is 11.3 Å². The monoisotopic (exact) mass is 677 g/mol. The van der Waals surface area contributed by atoms with E-state index in [1.165, 1.54) is 4.68 Å². The molecule has 1 amide bonds. The number of alkyl halides is 3. The van der Waals surface area contributed by atoms with E-state index in [4.69, 9.17) is 14.7 Å². The van der Waals surface area contributed by atoms with E-state index >= 15 is 0 Å². The largest absolute Gasteiger partial charge is 0.477 e. The van der Waals surface area contributed by atoms with Gasteiger partial charge < -0.3 is 14.5 Å². The molecule has 4 bridgehead atoms. The third-order valence-corrected chi connectivity index (χ3v) is 10.4. The van der Waals surface area contributed by atoms with Crippen LogP contribution in [0.3, 0.4) is 0 Å². The van der Waals surface area contributed by atoms with E-state index < -0.39 is 11.6 Å². The van der Waals surface area contributed by atoms with Crippen molar-refractivity contribution < 1.29 is 22.7 Å². The van der Waals surface area contributed by atoms with Gasteiger partial charge in [0.1, 0.15) is 16.7 Å². The van der Waals surface area contributed by atoms with Crippen LogP contribution < -0.4 is 19.3 Å². The molecule has 9 nitrogen and oxygen atoms in total. The Labute approximate surface area is 282 Å². The number of aromatic nitrogens is 4. The molecule has 1 atom stereocenters. The molecule has 1 aromatic carbocycles. The van der Waals surface area contributed by atoms with Crippen molar-refractivity contribution in [1.29, 1.82) is 0 Å². The van der Waals surface area contributed by atoms with Crippen LogP contribution in [0.4, 0.5) is 30.5 Å². The number of halogens is 3. The second-order valence-corrected chi connectivity index (χ2v) is 14.3. The van der Waals surface area contributed by atoms with Gasteiger partial charge in [-0.3, -0.25) is 9.52 Å². The Hall–Kier alpha value is -4.26. The SMILES string of the molecule is CC1(C)CC2CCCN(c3ccccc3)c3cccc(n3)SNC(=O)c3ccc(-n4ccc(OCCC5(C(F)(F)F)CC5)n4)nc3N1C2. The molecule has 1 saturated carbocycles. The third-order valence-electron chi connectivity index (χ3n) is 9.70. The Morgan fingerprint density at radius 3 is 2.58 bits per heavy atom. The molecule has 13 heteroatoms. The number of amides is 1. The number of pyridine rings is 2. The van der Waals surface area contributed by atoms with Crippen molar-refractivity contribution in [3.63, 3.8) is 0 Å². The first-order chi connectivity index (χ1) is 23.0. The number of para-hydroxylation sites is 1. The Bertz CT molecular complexity index is 1780. The van der Waals surface area contributed by atoms with Gasteiger partial charge in [-0.2, -0.15) is 13.2 Å². The molecule has 0 spiro atoms. The second-order valence-electron chi connectivity index (χ2n) is 13.5. The van der Waals surface area contributed by atoms with E-state index in [0.717, 1.165) is 55.8 Å². The summed E-state index contributed by atoms with van der Waals surface area (Å²) in [4.78, 5) is 28.1. The summed E-state index contributed by atoms with van der Waals surface area (Å²) in [6.45, 7) is 5.83. The summed E-state index contributed by atoms with van der Waals surface area (Å²) in [5, 5.41) is 5.11. The van der Waals surface area contributed by atoms with Crippen molar-refractivity contribution >= 4 is 35.2 Å². The molecular formula is C35H38F3N7O2S. The molecule has 5 heterocycles. The fourth-order valence-electron chi connectivity index (χ4n) is 6.88. The van der Waals surface area contributed by atoms with Gasteiger partial charge in [0, 0.05) is 48.5 Å². The zero-order chi connectivity index (χ0) is 33.5. The van der Waals surface area contributed by atoms with E-state index in [-0.39, 0.29) is 43.2 Å². The van der Waals surface area contributed by atoms with Crippen LogP contribution in [0.2, 0.25) is 0 Å². The summed E-state index contributed by atoms with van der Waals surface area (Å²) in [7, 11) is 0. The normalized spacial score (nSPS) is 20.4. The van der Waals surface area contributed by atoms with Crippen LogP contribution in [0.25, 0.3) is 5.82 Å². The second kappa shape index (κ2) is 12.6. The molecule has 4 aromatic rings. The van der Waals surface area contributed by atoms with Crippen LogP contribution in [0, 0.1) is 11.3 Å². The molecule has 3 aromatic heterocycles. The van der Waals surface area contributed by atoms with Gasteiger partial charge in [-0.05, 0) is 94.7 Å². The number of hydrogen-bond donors (Lipinski definition) is 1. The van der Waals surface area contributed by atoms with Gasteiger partial charge in [0.2, 0.25) is 5.88 Å². The number of benzene rings is 1. The molecule has 252 valence electrons. The Morgan fingerprint density at radius 1 is 1.00 bits per heavy atom. The van der Waals surface area contributed by atoms with Crippen molar-refractivity contribution in [1.82, 2.24) is 24.5 Å². The number of rotatable bonds is 6. The van der Waals surface area contributed by atoms with Gasteiger partial charge in [0.15, 0.2) is 5.82 Å². The average Bonchev–Trinajstić information content (AvgIpc) is 3.62. The van der Waals surface area contributed by atoms with Crippen molar-refractivity contribution in [3.05, 3.63) is 78.5 Å². The first-order valence-electron chi connectivity index (χ1n) is 16.3. The first kappa shape index (κ1) is 32.3. The van der Waals surface area contributed by atoms with E-state index in [1.54, 1.807) is 24.4 Å². The number of carbonyl (C=O) groups is 1. The van der Waals surface area contributed by atoms with Gasteiger partial charge in [-0.25, -0.2) is 14.6 Å². The van der Waals surface area contributed by atoms with Gasteiger partial charge in [-0.15, -0.1) is 5.10 Å². The first-order valence-corrected chi connectivity index (χ1v) is 17.1. The summed E-state index contributed by atoms with van der Waals surface area (Å²) in [5.74, 6) is 2.17. The zero-order valence-electron chi connectivity index (χ0n) is 26.9. The van der Waals surface area contributed by atoms with E-state index in [1.807, 2.05) is 36.4 Å². The van der Waals surface area contributed by atoms with E-state index in [0.29, 0.717) is 28.1 Å². The summed E-state index contributed by atoms with van der Waals surface area (Å²) in [6, 6.07) is 21.1. The summed E-state index contributed by atoms with van der Waals surface area (Å²) >= 11 is 1.16. The molecule has 2 fully saturated rings. The molecule has 1 saturated heterocycles. The Kier molecular flexibility index (Phi) is 8.51. The fourth-order valence-corrected chi connectivity index (χ4v) is 7.47. The highest BCUT2D eigenvalue weighted by Gasteiger charge is 2.62. The van der Waals surface area contributed by atoms with Crippen LogP contribution in [-0.2, 0) is 0 Å².